The van der Waals surface area contributed by atoms with Gasteiger partial charge in [-0.3, -0.25) is 0 Å². The number of halogens is 2. The Bertz CT molecular complexity index is 1240. The minimum absolute atomic E-state index is 0.705. The molecule has 0 N–H and O–H groups in total. The average Bonchev–Trinajstić information content (AvgIpc) is 3.62. The lowest BCUT2D eigenvalue weighted by molar-refractivity contribution is 0.450. The van der Waals surface area contributed by atoms with Crippen LogP contribution in [0.15, 0.2) is 19.7 Å². The summed E-state index contributed by atoms with van der Waals surface area (Å²) in [5.41, 5.74) is 2.88. The summed E-state index contributed by atoms with van der Waals surface area (Å²) in [4.78, 5) is 15.0. The summed E-state index contributed by atoms with van der Waals surface area (Å²) in [6, 6.07) is 4.64. The zero-order valence-electron chi connectivity index (χ0n) is 22.2. The van der Waals surface area contributed by atoms with Gasteiger partial charge in [0.05, 0.1) is 17.3 Å². The van der Waals surface area contributed by atoms with Crippen LogP contribution in [0.2, 0.25) is 13.1 Å². The van der Waals surface area contributed by atoms with Crippen molar-refractivity contribution in [1.29, 1.82) is 0 Å². The number of thiazole rings is 2. The Hall–Kier alpha value is -0.0551. The molecule has 9 heteroatoms. The third kappa shape index (κ3) is 7.78. The van der Waals surface area contributed by atoms with Crippen LogP contribution in [0.25, 0.3) is 29.4 Å². The van der Waals surface area contributed by atoms with Crippen molar-refractivity contribution in [2.45, 2.75) is 91.7 Å². The Morgan fingerprint density at radius 2 is 1.24 bits per heavy atom. The molecule has 0 bridgehead atoms. The van der Waals surface area contributed by atoms with Crippen LogP contribution in [0.3, 0.4) is 0 Å². The summed E-state index contributed by atoms with van der Waals surface area (Å²) in [6.45, 7) is 9.09. The van der Waals surface area contributed by atoms with Gasteiger partial charge in [0.25, 0.3) is 0 Å². The van der Waals surface area contributed by atoms with Gasteiger partial charge in [-0.1, -0.05) is 102 Å². The lowest BCUT2D eigenvalue weighted by Gasteiger charge is -2.15. The van der Waals surface area contributed by atoms with E-state index in [1.807, 2.05) is 22.7 Å². The molecule has 0 spiro atoms. The van der Waals surface area contributed by atoms with Crippen LogP contribution in [0.4, 0.5) is 0 Å². The quantitative estimate of drug-likeness (QED) is 0.115. The van der Waals surface area contributed by atoms with Gasteiger partial charge in [-0.2, -0.15) is 0 Å². The minimum atomic E-state index is 0.705. The second-order valence-electron chi connectivity index (χ2n) is 9.94. The topological polar surface area (TPSA) is 25.8 Å². The fourth-order valence-corrected chi connectivity index (χ4v) is 10.6. The number of hydrogen-bond acceptors (Lipinski definition) is 6. The standard InChI is InChI=1S/C28H36BBr2N2S4/c1-5-8-10-17(7-3)12-19-14-21(30)34-23(19)25-32-27-28(36-25)33-26(37-27)24-20(15-22(31)35-24)13-18(16-29-4)11-9-6-2/h14-15,17-18H,5-13,16H2,1-4H3. The zero-order chi connectivity index (χ0) is 26.4. The van der Waals surface area contributed by atoms with E-state index in [4.69, 9.17) is 9.97 Å². The number of rotatable bonds is 15. The summed E-state index contributed by atoms with van der Waals surface area (Å²) in [7, 11) is 2.33. The maximum absolute atomic E-state index is 5.12. The summed E-state index contributed by atoms with van der Waals surface area (Å²) < 4.78 is 2.39. The van der Waals surface area contributed by atoms with E-state index < -0.39 is 0 Å². The van der Waals surface area contributed by atoms with Gasteiger partial charge in [0, 0.05) is 0 Å². The Morgan fingerprint density at radius 3 is 1.70 bits per heavy atom. The molecule has 0 aliphatic heterocycles. The van der Waals surface area contributed by atoms with Crippen LogP contribution in [-0.2, 0) is 12.8 Å². The van der Waals surface area contributed by atoms with E-state index in [2.05, 4.69) is 78.9 Å². The molecule has 1 radical (unpaired) electrons. The highest BCUT2D eigenvalue weighted by Crippen LogP contribution is 2.45. The predicted octanol–water partition coefficient (Wildman–Crippen LogP) is 12.0. The third-order valence-corrected chi connectivity index (χ3v) is 12.7. The monoisotopic (exact) mass is 697 g/mol. The maximum atomic E-state index is 5.12. The van der Waals surface area contributed by atoms with Crippen LogP contribution in [0, 0.1) is 11.8 Å². The van der Waals surface area contributed by atoms with Crippen LogP contribution in [-0.4, -0.2) is 17.2 Å². The lowest BCUT2D eigenvalue weighted by Crippen LogP contribution is -2.06. The maximum Gasteiger partial charge on any atom is 0.155 e. The SMILES string of the molecule is C[B]CC(CCCC)Cc1cc(Br)sc1-c1nc2sc(-c3sc(Br)cc3CC(CC)CCCC)nc2s1. The van der Waals surface area contributed by atoms with E-state index in [1.54, 1.807) is 22.7 Å². The van der Waals surface area contributed by atoms with Crippen molar-refractivity contribution in [1.82, 2.24) is 9.97 Å². The first-order valence-corrected chi connectivity index (χ1v) is 18.4. The molecule has 0 saturated carbocycles. The van der Waals surface area contributed by atoms with E-state index in [1.165, 1.54) is 79.7 Å². The fourth-order valence-electron chi connectivity index (χ4n) is 4.99. The molecule has 37 heavy (non-hydrogen) atoms. The molecule has 0 aliphatic carbocycles. The van der Waals surface area contributed by atoms with Gasteiger partial charge in [-0.05, 0) is 79.8 Å². The Morgan fingerprint density at radius 1 is 0.757 bits per heavy atom. The highest BCUT2D eigenvalue weighted by molar-refractivity contribution is 9.11. The zero-order valence-corrected chi connectivity index (χ0v) is 28.7. The van der Waals surface area contributed by atoms with Gasteiger partial charge in [0.1, 0.15) is 17.3 Å². The van der Waals surface area contributed by atoms with Gasteiger partial charge in [-0.25, -0.2) is 9.97 Å². The van der Waals surface area contributed by atoms with E-state index in [0.717, 1.165) is 38.4 Å². The average molecular weight is 699 g/mol. The second-order valence-corrected chi connectivity index (χ2v) is 16.8. The first-order valence-electron chi connectivity index (χ1n) is 13.6. The number of unbranched alkanes of at least 4 members (excludes halogenated alkanes) is 2. The summed E-state index contributed by atoms with van der Waals surface area (Å²) in [6.07, 6.45) is 12.4. The molecule has 4 rings (SSSR count). The van der Waals surface area contributed by atoms with E-state index in [0.29, 0.717) is 5.92 Å². The summed E-state index contributed by atoms with van der Waals surface area (Å²) >= 11 is 14.7. The number of nitrogens with zero attached hydrogens (tertiary/aromatic N) is 2. The number of fused-ring (bicyclic) bond motifs is 1. The summed E-state index contributed by atoms with van der Waals surface area (Å²) in [5, 5.41) is 2.25. The van der Waals surface area contributed by atoms with Crippen molar-refractivity contribution in [3.05, 3.63) is 30.8 Å². The Balaban J connectivity index is 1.58. The van der Waals surface area contributed by atoms with Crippen molar-refractivity contribution in [3.8, 4) is 19.8 Å². The third-order valence-electron chi connectivity index (χ3n) is 7.02. The largest absolute Gasteiger partial charge is 0.222 e. The Kier molecular flexibility index (Phi) is 11.8. The van der Waals surface area contributed by atoms with Gasteiger partial charge in [-0.15, -0.1) is 22.7 Å². The molecule has 0 saturated heterocycles. The minimum Gasteiger partial charge on any atom is -0.222 e. The van der Waals surface area contributed by atoms with Crippen LogP contribution >= 0.6 is 77.2 Å². The van der Waals surface area contributed by atoms with Crippen molar-refractivity contribution >= 4 is 94.1 Å². The van der Waals surface area contributed by atoms with Gasteiger partial charge in [0.15, 0.2) is 9.66 Å². The molecule has 0 aliphatic rings. The lowest BCUT2D eigenvalue weighted by atomic mass is 9.69. The van der Waals surface area contributed by atoms with Crippen LogP contribution in [0.1, 0.15) is 76.8 Å². The highest BCUT2D eigenvalue weighted by atomic mass is 79.9. The highest BCUT2D eigenvalue weighted by Gasteiger charge is 2.22. The second kappa shape index (κ2) is 14.5. The Labute approximate surface area is 256 Å². The molecular weight excluding hydrogens is 663 g/mol. The molecule has 0 amide bonds. The predicted molar refractivity (Wildman–Crippen MR) is 177 cm³/mol. The van der Waals surface area contributed by atoms with E-state index in [9.17, 15) is 0 Å². The number of aromatic nitrogens is 2. The molecule has 4 aromatic rings. The van der Waals surface area contributed by atoms with Crippen molar-refractivity contribution in [2.75, 3.05) is 0 Å². The smallest absolute Gasteiger partial charge is 0.155 e. The van der Waals surface area contributed by atoms with E-state index >= 15 is 0 Å². The molecule has 0 fully saturated rings. The van der Waals surface area contributed by atoms with Crippen LogP contribution in [0.5, 0.6) is 0 Å². The van der Waals surface area contributed by atoms with E-state index in [-0.39, 0.29) is 0 Å². The number of hydrogen-bond donors (Lipinski definition) is 0. The molecule has 2 atom stereocenters. The first-order chi connectivity index (χ1) is 17.9. The van der Waals surface area contributed by atoms with Gasteiger partial charge in [0.2, 0.25) is 0 Å². The van der Waals surface area contributed by atoms with Crippen LogP contribution < -0.4 is 0 Å². The fraction of sp³-hybridized carbons (Fsp3) is 0.571. The molecule has 4 heterocycles. The first kappa shape index (κ1) is 29.9. The number of thiophene rings is 2. The molecule has 199 valence electrons. The molecule has 4 aromatic heterocycles. The molecule has 2 unspecified atom stereocenters. The molecule has 0 aromatic carbocycles. The van der Waals surface area contributed by atoms with Gasteiger partial charge >= 0.3 is 0 Å². The normalized spacial score (nSPS) is 13.5. The van der Waals surface area contributed by atoms with Gasteiger partial charge < -0.3 is 0 Å². The van der Waals surface area contributed by atoms with Crippen molar-refractivity contribution in [2.24, 2.45) is 11.8 Å². The molecule has 2 nitrogen and oxygen atoms in total. The summed E-state index contributed by atoms with van der Waals surface area (Å²) in [5.74, 6) is 1.45. The van der Waals surface area contributed by atoms with Crippen molar-refractivity contribution in [3.63, 3.8) is 0 Å². The van der Waals surface area contributed by atoms with Crippen molar-refractivity contribution < 1.29 is 0 Å². The molecular formula is C28H36BBr2N2S4.